The van der Waals surface area contributed by atoms with Crippen LogP contribution in [0, 0.1) is 0 Å². The number of para-hydroxylation sites is 3. The molecule has 0 radical (unpaired) electrons. The van der Waals surface area contributed by atoms with Crippen molar-refractivity contribution in [1.29, 1.82) is 0 Å². The maximum absolute atomic E-state index is 9.57. The van der Waals surface area contributed by atoms with Gasteiger partial charge in [-0.25, -0.2) is 4.98 Å². The first kappa shape index (κ1) is 22.7. The highest BCUT2D eigenvalue weighted by Gasteiger charge is 2.23. The van der Waals surface area contributed by atoms with Crippen molar-refractivity contribution in [2.24, 2.45) is 0 Å². The van der Waals surface area contributed by atoms with Gasteiger partial charge in [0.25, 0.3) is 0 Å². The number of hydrogen-bond donors (Lipinski definition) is 0. The summed E-state index contributed by atoms with van der Waals surface area (Å²) in [5.41, 5.74) is 5.94. The van der Waals surface area contributed by atoms with Gasteiger partial charge in [-0.15, -0.1) is 0 Å². The third-order valence-corrected chi connectivity index (χ3v) is 9.12. The Labute approximate surface area is 296 Å². The van der Waals surface area contributed by atoms with Crippen LogP contribution < -0.4 is 0 Å². The minimum absolute atomic E-state index is 0.0207. The molecule has 0 aliphatic rings. The van der Waals surface area contributed by atoms with E-state index in [0.717, 1.165) is 22.3 Å². The molecule has 3 heterocycles. The fraction of sp³-hybridized carbons (Fsp3) is 0. The van der Waals surface area contributed by atoms with Gasteiger partial charge in [-0.1, -0.05) is 146 Å². The minimum atomic E-state index is -0.104. The van der Waals surface area contributed by atoms with Crippen molar-refractivity contribution in [3.05, 3.63) is 176 Å². The van der Waals surface area contributed by atoms with E-state index in [1.165, 1.54) is 12.1 Å². The zero-order valence-electron chi connectivity index (χ0n) is 32.5. The van der Waals surface area contributed by atoms with Crippen molar-refractivity contribution in [2.75, 3.05) is 0 Å². The second-order valence-corrected chi connectivity index (χ2v) is 12.0. The largest absolute Gasteiger partial charge is 0.309 e. The molecule has 10 aromatic rings. The number of hydrogen-bond acceptors (Lipinski definition) is 3. The molecule has 0 bridgehead atoms. The van der Waals surface area contributed by atoms with Crippen molar-refractivity contribution >= 4 is 43.6 Å². The molecule has 0 spiro atoms. The Balaban J connectivity index is 1.38. The lowest BCUT2D eigenvalue weighted by atomic mass is 10.0. The fourth-order valence-electron chi connectivity index (χ4n) is 6.85. The summed E-state index contributed by atoms with van der Waals surface area (Å²) in [5, 5.41) is 1.84. The van der Waals surface area contributed by atoms with Gasteiger partial charge in [-0.05, 0) is 41.4 Å². The van der Waals surface area contributed by atoms with E-state index in [1.54, 1.807) is 16.7 Å². The lowest BCUT2D eigenvalue weighted by molar-refractivity contribution is 0.955. The van der Waals surface area contributed by atoms with Gasteiger partial charge in [0.1, 0.15) is 0 Å². The Morgan fingerprint density at radius 2 is 0.940 bits per heavy atom. The van der Waals surface area contributed by atoms with Crippen molar-refractivity contribution in [3.8, 4) is 45.5 Å². The van der Waals surface area contributed by atoms with Crippen molar-refractivity contribution < 1.29 is 8.22 Å². The standard InChI is InChI=1S/C45H29N5/c1-4-14-30(15-5-1)31-24-26-33(27-25-31)44-46-43(32-16-6-2-7-17-32)47-45(48-44)50-38-22-12-10-20-35(38)36-28-29-40-41(42(36)50)37-21-11-13-23-39(37)49(40)34-18-8-3-9-19-34/h1-29H/i10D,11D,22D,23D,28D,29D. The van der Waals surface area contributed by atoms with Gasteiger partial charge in [-0.3, -0.25) is 4.57 Å². The van der Waals surface area contributed by atoms with Crippen LogP contribution in [-0.2, 0) is 0 Å². The summed E-state index contributed by atoms with van der Waals surface area (Å²) in [5.74, 6) is 0.962. The van der Waals surface area contributed by atoms with Crippen LogP contribution in [0.5, 0.6) is 0 Å². The van der Waals surface area contributed by atoms with Gasteiger partial charge in [-0.2, -0.15) is 9.97 Å². The van der Waals surface area contributed by atoms with Crippen LogP contribution in [0.15, 0.2) is 176 Å². The predicted octanol–water partition coefficient (Wildman–Crippen LogP) is 11.1. The van der Waals surface area contributed by atoms with Gasteiger partial charge in [0.2, 0.25) is 5.95 Å². The number of aromatic nitrogens is 5. The van der Waals surface area contributed by atoms with Crippen LogP contribution >= 0.6 is 0 Å². The van der Waals surface area contributed by atoms with Crippen molar-refractivity contribution in [3.63, 3.8) is 0 Å². The summed E-state index contributed by atoms with van der Waals surface area (Å²) in [6.45, 7) is 0. The third kappa shape index (κ3) is 4.45. The van der Waals surface area contributed by atoms with Crippen molar-refractivity contribution in [1.82, 2.24) is 24.1 Å². The molecule has 234 valence electrons. The molecule has 0 saturated heterocycles. The molecule has 0 aliphatic heterocycles. The summed E-state index contributed by atoms with van der Waals surface area (Å²) >= 11 is 0. The van der Waals surface area contributed by atoms with Crippen LogP contribution in [0.2, 0.25) is 0 Å². The normalized spacial score (nSPS) is 13.3. The number of benzene rings is 7. The lowest BCUT2D eigenvalue weighted by Crippen LogP contribution is -2.06. The first-order valence-corrected chi connectivity index (χ1v) is 16.3. The Kier molecular flexibility index (Phi) is 5.17. The van der Waals surface area contributed by atoms with E-state index in [0.29, 0.717) is 60.9 Å². The van der Waals surface area contributed by atoms with Gasteiger partial charge in [0.05, 0.1) is 30.3 Å². The van der Waals surface area contributed by atoms with Crippen LogP contribution in [0.25, 0.3) is 89.2 Å². The van der Waals surface area contributed by atoms with E-state index in [-0.39, 0.29) is 42.2 Å². The average molecular weight is 646 g/mol. The van der Waals surface area contributed by atoms with E-state index in [4.69, 9.17) is 19.1 Å². The molecule has 7 aromatic carbocycles. The number of rotatable bonds is 5. The first-order valence-electron chi connectivity index (χ1n) is 19.3. The van der Waals surface area contributed by atoms with E-state index in [9.17, 15) is 4.11 Å². The summed E-state index contributed by atoms with van der Waals surface area (Å²) in [6, 6.07) is 43.4. The summed E-state index contributed by atoms with van der Waals surface area (Å²) in [6.07, 6.45) is 0. The molecular formula is C45H29N5. The van der Waals surface area contributed by atoms with E-state index >= 15 is 0 Å². The van der Waals surface area contributed by atoms with Gasteiger partial charge < -0.3 is 4.57 Å². The zero-order valence-corrected chi connectivity index (χ0v) is 26.5. The van der Waals surface area contributed by atoms with E-state index < -0.39 is 0 Å². The predicted molar refractivity (Wildman–Crippen MR) is 205 cm³/mol. The Morgan fingerprint density at radius 3 is 1.62 bits per heavy atom. The van der Waals surface area contributed by atoms with Crippen LogP contribution in [0.4, 0.5) is 0 Å². The highest BCUT2D eigenvalue weighted by molar-refractivity contribution is 6.26. The monoisotopic (exact) mass is 645 g/mol. The van der Waals surface area contributed by atoms with E-state index in [1.807, 2.05) is 108 Å². The number of nitrogens with zero attached hydrogens (tertiary/aromatic N) is 5. The van der Waals surface area contributed by atoms with Gasteiger partial charge in [0.15, 0.2) is 11.6 Å². The molecule has 10 rings (SSSR count). The molecule has 0 atom stereocenters. The fourth-order valence-corrected chi connectivity index (χ4v) is 6.85. The maximum Gasteiger partial charge on any atom is 0.238 e. The molecular weight excluding hydrogens is 611 g/mol. The molecule has 0 fully saturated rings. The quantitative estimate of drug-likeness (QED) is 0.187. The molecule has 0 saturated carbocycles. The molecule has 0 unspecified atom stereocenters. The molecule has 5 heteroatoms. The van der Waals surface area contributed by atoms with Crippen LogP contribution in [0.3, 0.4) is 0 Å². The van der Waals surface area contributed by atoms with Crippen LogP contribution in [-0.4, -0.2) is 24.1 Å². The van der Waals surface area contributed by atoms with E-state index in [2.05, 4.69) is 12.1 Å². The smallest absolute Gasteiger partial charge is 0.238 e. The zero-order chi connectivity index (χ0) is 38.2. The molecule has 0 amide bonds. The Hall–Kier alpha value is -6.85. The third-order valence-electron chi connectivity index (χ3n) is 9.12. The molecule has 5 nitrogen and oxygen atoms in total. The molecule has 0 N–H and O–H groups in total. The first-order chi connectivity index (χ1) is 27.3. The Morgan fingerprint density at radius 1 is 0.400 bits per heavy atom. The highest BCUT2D eigenvalue weighted by atomic mass is 15.2. The van der Waals surface area contributed by atoms with Gasteiger partial charge >= 0.3 is 0 Å². The topological polar surface area (TPSA) is 48.5 Å². The van der Waals surface area contributed by atoms with Gasteiger partial charge in [0, 0.05) is 38.4 Å². The Bertz CT molecular complexity index is 3180. The number of fused-ring (bicyclic) bond motifs is 7. The molecule has 0 aliphatic carbocycles. The average Bonchev–Trinajstić information content (AvgIpc) is 3.75. The molecule has 3 aromatic heterocycles. The lowest BCUT2D eigenvalue weighted by Gasteiger charge is -2.12. The summed E-state index contributed by atoms with van der Waals surface area (Å²) in [7, 11) is 0. The SMILES string of the molecule is [2H]c1cc([2H])c2c(c1)c1c(c([2H])c([2H])c3c4cc([2H])cc([2H])c4n(-c4nc(-c5ccccc5)nc(-c5ccc(-c6ccccc6)cc5)n4)c31)n2-c1ccccc1. The molecule has 50 heavy (non-hydrogen) atoms. The highest BCUT2D eigenvalue weighted by Crippen LogP contribution is 2.41. The summed E-state index contributed by atoms with van der Waals surface area (Å²) < 4.78 is 58.4. The second-order valence-electron chi connectivity index (χ2n) is 12.0. The van der Waals surface area contributed by atoms with Crippen LogP contribution in [0.1, 0.15) is 8.22 Å². The minimum Gasteiger partial charge on any atom is -0.309 e. The second kappa shape index (κ2) is 11.4. The van der Waals surface area contributed by atoms with Crippen molar-refractivity contribution in [2.45, 2.75) is 0 Å². The summed E-state index contributed by atoms with van der Waals surface area (Å²) in [4.78, 5) is 15.1. The maximum atomic E-state index is 9.57.